The highest BCUT2D eigenvalue weighted by molar-refractivity contribution is 4.86. The molecule has 9 heavy (non-hydrogen) atoms. The molecule has 0 aromatic carbocycles. The first-order chi connectivity index (χ1) is 4.14. The molecule has 1 rings (SSSR count). The maximum Gasteiger partial charge on any atom is 0.261 e. The van der Waals surface area contributed by atoms with Gasteiger partial charge in [0.15, 0.2) is 0 Å². The van der Waals surface area contributed by atoms with Gasteiger partial charge in [-0.15, -0.1) is 0 Å². The summed E-state index contributed by atoms with van der Waals surface area (Å²) >= 11 is 0. The first-order valence-electron chi connectivity index (χ1n) is 2.81. The van der Waals surface area contributed by atoms with E-state index in [-0.39, 0.29) is 13.0 Å². The fourth-order valence-corrected chi connectivity index (χ4v) is 0.908. The Balaban J connectivity index is 2.38. The molecule has 1 aliphatic rings. The molecular weight excluding hydrogens is 131 g/mol. The first-order valence-corrected chi connectivity index (χ1v) is 2.81. The predicted molar refractivity (Wildman–Crippen MR) is 27.3 cm³/mol. The molecule has 0 bridgehead atoms. The normalized spacial score (nSPS) is 33.0. The van der Waals surface area contributed by atoms with E-state index in [1.807, 2.05) is 0 Å². The summed E-state index contributed by atoms with van der Waals surface area (Å²) in [7, 11) is 0. The average molecular weight is 139 g/mol. The van der Waals surface area contributed by atoms with Crippen LogP contribution < -0.4 is 5.32 Å². The van der Waals surface area contributed by atoms with Gasteiger partial charge >= 0.3 is 0 Å². The minimum Gasteiger partial charge on any atom is -0.306 e. The fraction of sp³-hybridized carbons (Fsp3) is 1.00. The zero-order valence-corrected chi connectivity index (χ0v) is 4.83. The van der Waals surface area contributed by atoms with E-state index in [1.165, 1.54) is 0 Å². The second kappa shape index (κ2) is 2.17. The van der Waals surface area contributed by atoms with Gasteiger partial charge in [-0.3, -0.25) is 0 Å². The van der Waals surface area contributed by atoms with Crippen molar-refractivity contribution in [1.82, 2.24) is 5.32 Å². The number of hydrogen-bond donors (Lipinski definition) is 1. The highest BCUT2D eigenvalue weighted by Gasteiger charge is 2.38. The molecule has 1 saturated heterocycles. The molecule has 0 amide bonds. The third-order valence-electron chi connectivity index (χ3n) is 1.38. The van der Waals surface area contributed by atoms with Gasteiger partial charge in [-0.1, -0.05) is 0 Å². The Hall–Kier alpha value is -0.250. The van der Waals surface area contributed by atoms with Crippen molar-refractivity contribution in [2.45, 2.75) is 18.4 Å². The van der Waals surface area contributed by atoms with E-state index >= 15 is 0 Å². The lowest BCUT2D eigenvalue weighted by molar-refractivity contribution is 0.0204. The van der Waals surface area contributed by atoms with Gasteiger partial charge in [0.25, 0.3) is 5.92 Å². The monoisotopic (exact) mass is 139 g/mol. The van der Waals surface area contributed by atoms with Gasteiger partial charge in [0, 0.05) is 12.5 Å². The smallest absolute Gasteiger partial charge is 0.261 e. The molecule has 0 radical (unpaired) electrons. The standard InChI is InChI=1S/C5H8F3N/c6-2-4-1-5(7,8)3-9-4/h4,9H,1-3H2/t4-/m0/s1. The van der Waals surface area contributed by atoms with Gasteiger partial charge in [-0.05, 0) is 0 Å². The maximum atomic E-state index is 12.2. The van der Waals surface area contributed by atoms with Crippen LogP contribution in [-0.2, 0) is 0 Å². The lowest BCUT2D eigenvalue weighted by Gasteiger charge is -2.04. The first kappa shape index (κ1) is 6.86. The molecule has 0 aromatic rings. The van der Waals surface area contributed by atoms with E-state index in [4.69, 9.17) is 0 Å². The Bertz CT molecular complexity index is 104. The molecule has 1 heterocycles. The molecule has 1 atom stereocenters. The molecule has 0 aliphatic carbocycles. The summed E-state index contributed by atoms with van der Waals surface area (Å²) < 4.78 is 36.0. The average Bonchev–Trinajstić information content (AvgIpc) is 2.10. The van der Waals surface area contributed by atoms with Crippen molar-refractivity contribution in [3.05, 3.63) is 0 Å². The van der Waals surface area contributed by atoms with Crippen molar-refractivity contribution in [2.24, 2.45) is 0 Å². The van der Waals surface area contributed by atoms with E-state index in [0.29, 0.717) is 0 Å². The van der Waals surface area contributed by atoms with Crippen molar-refractivity contribution in [1.29, 1.82) is 0 Å². The number of rotatable bonds is 1. The summed E-state index contributed by atoms with van der Waals surface area (Å²) in [5.41, 5.74) is 0. The van der Waals surface area contributed by atoms with Gasteiger partial charge in [0.05, 0.1) is 6.54 Å². The number of nitrogens with one attached hydrogen (secondary N) is 1. The van der Waals surface area contributed by atoms with Crippen LogP contribution >= 0.6 is 0 Å². The molecule has 0 spiro atoms. The minimum absolute atomic E-state index is 0.358. The van der Waals surface area contributed by atoms with Crippen LogP contribution in [0.2, 0.25) is 0 Å². The number of hydrogen-bond acceptors (Lipinski definition) is 1. The molecule has 0 saturated carbocycles. The Morgan fingerprint density at radius 2 is 2.22 bits per heavy atom. The highest BCUT2D eigenvalue weighted by atomic mass is 19.3. The maximum absolute atomic E-state index is 12.2. The summed E-state index contributed by atoms with van der Waals surface area (Å²) in [5.74, 6) is -2.68. The highest BCUT2D eigenvalue weighted by Crippen LogP contribution is 2.24. The third-order valence-corrected chi connectivity index (χ3v) is 1.38. The molecule has 1 N–H and O–H groups in total. The van der Waals surface area contributed by atoms with Crippen molar-refractivity contribution < 1.29 is 13.2 Å². The predicted octanol–water partition coefficient (Wildman–Crippen LogP) is 0.953. The van der Waals surface area contributed by atoms with Crippen LogP contribution in [-0.4, -0.2) is 25.2 Å². The van der Waals surface area contributed by atoms with E-state index in [1.54, 1.807) is 0 Å². The van der Waals surface area contributed by atoms with Gasteiger partial charge in [-0.2, -0.15) is 0 Å². The van der Waals surface area contributed by atoms with Crippen molar-refractivity contribution >= 4 is 0 Å². The molecule has 1 nitrogen and oxygen atoms in total. The minimum atomic E-state index is -2.68. The van der Waals surface area contributed by atoms with E-state index in [0.717, 1.165) is 0 Å². The summed E-state index contributed by atoms with van der Waals surface area (Å²) in [6.07, 6.45) is -0.358. The van der Waals surface area contributed by atoms with Crippen LogP contribution in [0, 0.1) is 0 Å². The van der Waals surface area contributed by atoms with Gasteiger partial charge < -0.3 is 5.32 Å². The van der Waals surface area contributed by atoms with E-state index < -0.39 is 18.6 Å². The summed E-state index contributed by atoms with van der Waals surface area (Å²) in [4.78, 5) is 0. The molecule has 54 valence electrons. The quantitative estimate of drug-likeness (QED) is 0.570. The zero-order valence-electron chi connectivity index (χ0n) is 4.83. The lowest BCUT2D eigenvalue weighted by atomic mass is 10.2. The van der Waals surface area contributed by atoms with Gasteiger partial charge in [0.2, 0.25) is 0 Å². The molecule has 0 aromatic heterocycles. The SMILES string of the molecule is FC[C@@H]1CC(F)(F)CN1. The molecule has 0 unspecified atom stereocenters. The largest absolute Gasteiger partial charge is 0.306 e. The van der Waals surface area contributed by atoms with Crippen LogP contribution in [0.5, 0.6) is 0 Å². The summed E-state index contributed by atoms with van der Waals surface area (Å²) in [5, 5.41) is 2.37. The van der Waals surface area contributed by atoms with Crippen LogP contribution in [0.3, 0.4) is 0 Å². The van der Waals surface area contributed by atoms with Crippen LogP contribution in [0.25, 0.3) is 0 Å². The lowest BCUT2D eigenvalue weighted by Crippen LogP contribution is -2.23. The van der Waals surface area contributed by atoms with Crippen molar-refractivity contribution in [3.63, 3.8) is 0 Å². The second-order valence-electron chi connectivity index (χ2n) is 2.29. The van der Waals surface area contributed by atoms with Gasteiger partial charge in [0.1, 0.15) is 6.67 Å². The Morgan fingerprint density at radius 1 is 1.56 bits per heavy atom. The summed E-state index contributed by atoms with van der Waals surface area (Å²) in [6, 6.07) is -0.625. The van der Waals surface area contributed by atoms with Crippen molar-refractivity contribution in [2.75, 3.05) is 13.2 Å². The molecule has 1 aliphatic heterocycles. The molecular formula is C5H8F3N. The van der Waals surface area contributed by atoms with Crippen LogP contribution in [0.4, 0.5) is 13.2 Å². The fourth-order valence-electron chi connectivity index (χ4n) is 0.908. The van der Waals surface area contributed by atoms with Gasteiger partial charge in [-0.25, -0.2) is 13.2 Å². The van der Waals surface area contributed by atoms with E-state index in [9.17, 15) is 13.2 Å². The molecule has 4 heteroatoms. The van der Waals surface area contributed by atoms with Crippen LogP contribution in [0.1, 0.15) is 6.42 Å². The Morgan fingerprint density at radius 3 is 2.44 bits per heavy atom. The topological polar surface area (TPSA) is 12.0 Å². The van der Waals surface area contributed by atoms with Crippen LogP contribution in [0.15, 0.2) is 0 Å². The third kappa shape index (κ3) is 1.58. The second-order valence-corrected chi connectivity index (χ2v) is 2.29. The Labute approximate surface area is 51.2 Å². The summed E-state index contributed by atoms with van der Waals surface area (Å²) in [6.45, 7) is -1.07. The number of alkyl halides is 3. The van der Waals surface area contributed by atoms with E-state index in [2.05, 4.69) is 5.32 Å². The molecule has 1 fully saturated rings. The number of halogens is 3. The van der Waals surface area contributed by atoms with Crippen molar-refractivity contribution in [3.8, 4) is 0 Å². The zero-order chi connectivity index (χ0) is 6.91. The Kier molecular flexibility index (Phi) is 1.66.